The number of amides is 3. The quantitative estimate of drug-likeness (QED) is 0.562. The number of carbonyl (C=O) groups excluding carboxylic acids is 2. The smallest absolute Gasteiger partial charge is 0.306 e. The van der Waals surface area contributed by atoms with Gasteiger partial charge in [0.15, 0.2) is 0 Å². The van der Waals surface area contributed by atoms with Gasteiger partial charge < -0.3 is 5.32 Å². The van der Waals surface area contributed by atoms with E-state index in [1.807, 2.05) is 48.5 Å². The molecule has 0 bridgehead atoms. The van der Waals surface area contributed by atoms with Crippen LogP contribution in [-0.4, -0.2) is 16.9 Å². The molecule has 22 heavy (non-hydrogen) atoms. The molecule has 0 aliphatic carbocycles. The second kappa shape index (κ2) is 5.65. The average molecular weight is 291 g/mol. The van der Waals surface area contributed by atoms with E-state index in [9.17, 15) is 9.59 Å². The maximum Gasteiger partial charge on any atom is 0.326 e. The van der Waals surface area contributed by atoms with Gasteiger partial charge in [-0.25, -0.2) is 9.78 Å². The zero-order chi connectivity index (χ0) is 15.5. The normalized spacial score (nSPS) is 10.4. The van der Waals surface area contributed by atoms with Crippen molar-refractivity contribution in [2.24, 2.45) is 0 Å². The summed E-state index contributed by atoms with van der Waals surface area (Å²) in [4.78, 5) is 27.8. The van der Waals surface area contributed by atoms with Gasteiger partial charge in [0.1, 0.15) is 0 Å². The Labute approximate surface area is 126 Å². The molecule has 1 heterocycles. The summed E-state index contributed by atoms with van der Waals surface area (Å²) >= 11 is 0. The summed E-state index contributed by atoms with van der Waals surface area (Å²) in [7, 11) is 0. The third-order valence-electron chi connectivity index (χ3n) is 3.25. The monoisotopic (exact) mass is 291 g/mol. The van der Waals surface area contributed by atoms with E-state index in [-0.39, 0.29) is 0 Å². The highest BCUT2D eigenvalue weighted by Crippen LogP contribution is 2.30. The van der Waals surface area contributed by atoms with E-state index in [1.165, 1.54) is 0 Å². The highest BCUT2D eigenvalue weighted by Gasteiger charge is 2.12. The number of benzene rings is 2. The van der Waals surface area contributed by atoms with Gasteiger partial charge in [-0.2, -0.15) is 0 Å². The first-order valence-electron chi connectivity index (χ1n) is 6.71. The molecule has 3 amide bonds. The largest absolute Gasteiger partial charge is 0.326 e. The van der Waals surface area contributed by atoms with Gasteiger partial charge in [0.25, 0.3) is 5.91 Å². The van der Waals surface area contributed by atoms with E-state index in [1.54, 1.807) is 0 Å². The van der Waals surface area contributed by atoms with Crippen molar-refractivity contribution in [2.45, 2.75) is 0 Å². The Morgan fingerprint density at radius 3 is 2.05 bits per heavy atom. The molecule has 0 atom stereocenters. The van der Waals surface area contributed by atoms with Crippen LogP contribution >= 0.6 is 0 Å². The number of nitrogens with zero attached hydrogens (tertiary/aromatic N) is 1. The third kappa shape index (κ3) is 2.52. The van der Waals surface area contributed by atoms with Crippen LogP contribution in [0.2, 0.25) is 0 Å². The van der Waals surface area contributed by atoms with Gasteiger partial charge >= 0.3 is 6.03 Å². The van der Waals surface area contributed by atoms with E-state index in [0.717, 1.165) is 27.9 Å². The first-order valence-corrected chi connectivity index (χ1v) is 6.71. The number of imide groups is 1. The zero-order valence-electron chi connectivity index (χ0n) is 11.7. The summed E-state index contributed by atoms with van der Waals surface area (Å²) in [5.41, 5.74) is 2.16. The van der Waals surface area contributed by atoms with Crippen LogP contribution in [0.4, 0.5) is 10.5 Å². The van der Waals surface area contributed by atoms with Crippen molar-refractivity contribution < 1.29 is 9.59 Å². The lowest BCUT2D eigenvalue weighted by atomic mass is 10.1. The number of rotatable bonds is 2. The number of aromatic nitrogens is 1. The average Bonchev–Trinajstić information content (AvgIpc) is 2.54. The minimum absolute atomic E-state index is 0.555. The van der Waals surface area contributed by atoms with Crippen LogP contribution < -0.4 is 10.6 Å². The number of urea groups is 1. The summed E-state index contributed by atoms with van der Waals surface area (Å²) in [6, 6.07) is 14.4. The first kappa shape index (κ1) is 13.8. The highest BCUT2D eigenvalue weighted by molar-refractivity contribution is 6.14. The molecule has 2 N–H and O–H groups in total. The second-order valence-corrected chi connectivity index (χ2v) is 4.67. The molecular formula is C17H13N3O2. The van der Waals surface area contributed by atoms with Crippen LogP contribution in [0.1, 0.15) is 0 Å². The number of para-hydroxylation sites is 2. The summed E-state index contributed by atoms with van der Waals surface area (Å²) in [6.45, 7) is 3.32. The SMILES string of the molecule is C=CC(=O)NC(=O)Nc1c2ccccc2nc2ccccc12. The van der Waals surface area contributed by atoms with Gasteiger partial charge in [-0.05, 0) is 18.2 Å². The molecule has 5 heteroatoms. The van der Waals surface area contributed by atoms with Crippen molar-refractivity contribution >= 4 is 39.4 Å². The van der Waals surface area contributed by atoms with Crippen LogP contribution in [-0.2, 0) is 4.79 Å². The van der Waals surface area contributed by atoms with E-state index >= 15 is 0 Å². The predicted octanol–water partition coefficient (Wildman–Crippen LogP) is 3.22. The Kier molecular flexibility index (Phi) is 3.53. The van der Waals surface area contributed by atoms with Crippen molar-refractivity contribution in [1.82, 2.24) is 10.3 Å². The maximum absolute atomic E-state index is 12.0. The Balaban J connectivity index is 2.14. The number of hydrogen-bond acceptors (Lipinski definition) is 3. The lowest BCUT2D eigenvalue weighted by Crippen LogP contribution is -2.33. The van der Waals surface area contributed by atoms with Crippen molar-refractivity contribution in [3.8, 4) is 0 Å². The summed E-state index contributed by atoms with van der Waals surface area (Å²) < 4.78 is 0. The third-order valence-corrected chi connectivity index (χ3v) is 3.25. The highest BCUT2D eigenvalue weighted by atomic mass is 16.2. The van der Waals surface area contributed by atoms with Crippen molar-refractivity contribution in [3.63, 3.8) is 0 Å². The molecule has 0 spiro atoms. The summed E-state index contributed by atoms with van der Waals surface area (Å²) in [5, 5.41) is 6.53. The van der Waals surface area contributed by atoms with Gasteiger partial charge in [0, 0.05) is 10.8 Å². The number of nitrogens with one attached hydrogen (secondary N) is 2. The second-order valence-electron chi connectivity index (χ2n) is 4.67. The zero-order valence-corrected chi connectivity index (χ0v) is 11.7. The van der Waals surface area contributed by atoms with E-state index in [0.29, 0.717) is 5.69 Å². The number of fused-ring (bicyclic) bond motifs is 2. The summed E-state index contributed by atoms with van der Waals surface area (Å²) in [6.07, 6.45) is 1.04. The van der Waals surface area contributed by atoms with Crippen LogP contribution in [0.3, 0.4) is 0 Å². The van der Waals surface area contributed by atoms with Gasteiger partial charge in [0.2, 0.25) is 0 Å². The minimum Gasteiger partial charge on any atom is -0.306 e. The molecule has 2 aromatic carbocycles. The fourth-order valence-electron chi connectivity index (χ4n) is 2.28. The maximum atomic E-state index is 12.0. The topological polar surface area (TPSA) is 71.1 Å². The Morgan fingerprint density at radius 1 is 0.955 bits per heavy atom. The number of pyridine rings is 1. The Hall–Kier alpha value is -3.21. The van der Waals surface area contributed by atoms with Gasteiger partial charge in [-0.15, -0.1) is 0 Å². The lowest BCUT2D eigenvalue weighted by Gasteiger charge is -2.12. The van der Waals surface area contributed by atoms with Crippen LogP contribution in [0.15, 0.2) is 61.2 Å². The van der Waals surface area contributed by atoms with E-state index in [4.69, 9.17) is 0 Å². The van der Waals surface area contributed by atoms with Gasteiger partial charge in [0.05, 0.1) is 16.7 Å². The Morgan fingerprint density at radius 2 is 1.50 bits per heavy atom. The first-order chi connectivity index (χ1) is 10.7. The van der Waals surface area contributed by atoms with Crippen LogP contribution in [0, 0.1) is 0 Å². The molecule has 3 rings (SSSR count). The molecule has 0 saturated heterocycles. The Bertz CT molecular complexity index is 849. The molecule has 0 fully saturated rings. The molecule has 0 radical (unpaired) electrons. The van der Waals surface area contributed by atoms with E-state index in [2.05, 4.69) is 22.2 Å². The fourth-order valence-corrected chi connectivity index (χ4v) is 2.28. The fraction of sp³-hybridized carbons (Fsp3) is 0. The molecule has 3 aromatic rings. The molecule has 0 aliphatic heterocycles. The van der Waals surface area contributed by atoms with Gasteiger partial charge in [-0.1, -0.05) is 43.0 Å². The lowest BCUT2D eigenvalue weighted by molar-refractivity contribution is -0.115. The van der Waals surface area contributed by atoms with Crippen LogP contribution in [0.5, 0.6) is 0 Å². The van der Waals surface area contributed by atoms with Crippen LogP contribution in [0.25, 0.3) is 21.8 Å². The van der Waals surface area contributed by atoms with Crippen molar-refractivity contribution in [1.29, 1.82) is 0 Å². The number of anilines is 1. The molecule has 0 aliphatic rings. The van der Waals surface area contributed by atoms with Crippen molar-refractivity contribution in [3.05, 3.63) is 61.2 Å². The summed E-state index contributed by atoms with van der Waals surface area (Å²) in [5.74, 6) is -0.555. The molecule has 1 aromatic heterocycles. The molecular weight excluding hydrogens is 278 g/mol. The molecule has 5 nitrogen and oxygen atoms in total. The van der Waals surface area contributed by atoms with Gasteiger partial charge in [-0.3, -0.25) is 10.1 Å². The minimum atomic E-state index is -0.605. The van der Waals surface area contributed by atoms with Crippen molar-refractivity contribution in [2.75, 3.05) is 5.32 Å². The standard InChI is InChI=1S/C17H13N3O2/c1-2-15(21)19-17(22)20-16-11-7-3-5-9-13(11)18-14-10-6-4-8-12(14)16/h2-10H,1H2,(H2,18,19,20,21,22). The number of carbonyl (C=O) groups is 2. The molecule has 0 unspecified atom stereocenters. The molecule has 108 valence electrons. The predicted molar refractivity (Wildman–Crippen MR) is 86.6 cm³/mol. The van der Waals surface area contributed by atoms with E-state index < -0.39 is 11.9 Å². The molecule has 0 saturated carbocycles. The number of hydrogen-bond donors (Lipinski definition) is 2.